The third-order valence-electron chi connectivity index (χ3n) is 1.65. The van der Waals surface area contributed by atoms with E-state index in [-0.39, 0.29) is 12.5 Å². The summed E-state index contributed by atoms with van der Waals surface area (Å²) < 4.78 is 4.24. The smallest absolute Gasteiger partial charge is 0.372 e. The van der Waals surface area contributed by atoms with Crippen LogP contribution < -0.4 is 5.73 Å². The molecule has 0 spiro atoms. The Bertz CT molecular complexity index is 399. The summed E-state index contributed by atoms with van der Waals surface area (Å²) in [5.74, 6) is -6.86. The Morgan fingerprint density at radius 1 is 1.17 bits per heavy atom. The summed E-state index contributed by atoms with van der Waals surface area (Å²) in [6.07, 6.45) is -0.473. The van der Waals surface area contributed by atoms with Crippen molar-refractivity contribution < 1.29 is 39.2 Å². The summed E-state index contributed by atoms with van der Waals surface area (Å²) in [4.78, 5) is 42.2. The molecule has 0 saturated heterocycles. The molecule has 0 radical (unpaired) electrons. The predicted molar refractivity (Wildman–Crippen MR) is 54.3 cm³/mol. The highest BCUT2D eigenvalue weighted by Gasteiger charge is 2.21. The number of esters is 1. The lowest BCUT2D eigenvalue weighted by molar-refractivity contribution is -0.149. The van der Waals surface area contributed by atoms with E-state index in [4.69, 9.17) is 21.1 Å². The van der Waals surface area contributed by atoms with E-state index in [9.17, 15) is 19.2 Å². The zero-order valence-electron chi connectivity index (χ0n) is 9.03. The molecule has 0 saturated carbocycles. The summed E-state index contributed by atoms with van der Waals surface area (Å²) in [6.45, 7) is 0. The van der Waals surface area contributed by atoms with Gasteiger partial charge in [0.2, 0.25) is 5.76 Å². The zero-order valence-corrected chi connectivity index (χ0v) is 9.03. The van der Waals surface area contributed by atoms with Crippen molar-refractivity contribution >= 4 is 23.9 Å². The summed E-state index contributed by atoms with van der Waals surface area (Å²) in [5, 5.41) is 25.2. The second kappa shape index (κ2) is 7.01. The normalized spacial score (nSPS) is 12.6. The van der Waals surface area contributed by atoms with Crippen LogP contribution in [0.2, 0.25) is 0 Å². The van der Waals surface area contributed by atoms with Gasteiger partial charge in [0.15, 0.2) is 0 Å². The number of ether oxygens (including phenoxy) is 1. The molecule has 5 N–H and O–H groups in total. The number of carboxylic acid groups (broad SMARTS) is 3. The molecule has 9 heteroatoms. The molecule has 18 heavy (non-hydrogen) atoms. The second-order valence-corrected chi connectivity index (χ2v) is 3.11. The Kier molecular flexibility index (Phi) is 6.07. The first-order valence-corrected chi connectivity index (χ1v) is 4.61. The largest absolute Gasteiger partial charge is 0.481 e. The Morgan fingerprint density at radius 3 is 2.11 bits per heavy atom. The molecule has 0 aromatic heterocycles. The first-order chi connectivity index (χ1) is 8.23. The van der Waals surface area contributed by atoms with Gasteiger partial charge in [-0.3, -0.25) is 4.79 Å². The predicted octanol–water partition coefficient (Wildman–Crippen LogP) is -1.23. The van der Waals surface area contributed by atoms with Gasteiger partial charge in [0.05, 0.1) is 6.08 Å². The molecule has 0 fully saturated rings. The molecule has 0 aliphatic heterocycles. The molecule has 1 atom stereocenters. The van der Waals surface area contributed by atoms with E-state index >= 15 is 0 Å². The first kappa shape index (κ1) is 15.6. The van der Waals surface area contributed by atoms with Crippen molar-refractivity contribution in [3.63, 3.8) is 0 Å². The molecule has 0 aliphatic carbocycles. The highest BCUT2D eigenvalue weighted by atomic mass is 16.6. The average Bonchev–Trinajstić information content (AvgIpc) is 2.23. The van der Waals surface area contributed by atoms with Gasteiger partial charge in [-0.1, -0.05) is 0 Å². The maximum atomic E-state index is 11.2. The second-order valence-electron chi connectivity index (χ2n) is 3.11. The fourth-order valence-corrected chi connectivity index (χ4v) is 0.828. The van der Waals surface area contributed by atoms with Crippen LogP contribution in [0.4, 0.5) is 0 Å². The quantitative estimate of drug-likeness (QED) is 0.249. The van der Waals surface area contributed by atoms with E-state index in [0.29, 0.717) is 0 Å². The third-order valence-corrected chi connectivity index (χ3v) is 1.65. The lowest BCUT2D eigenvalue weighted by atomic mass is 10.2. The first-order valence-electron chi connectivity index (χ1n) is 4.61. The number of nitrogens with two attached hydrogens (primary N) is 1. The van der Waals surface area contributed by atoms with E-state index in [0.717, 1.165) is 0 Å². The van der Waals surface area contributed by atoms with Gasteiger partial charge in [0, 0.05) is 6.42 Å². The molecule has 0 aliphatic rings. The number of hydrogen-bond acceptors (Lipinski definition) is 6. The molecular formula is C9H11NO8. The van der Waals surface area contributed by atoms with Crippen molar-refractivity contribution in [2.45, 2.75) is 18.9 Å². The van der Waals surface area contributed by atoms with Gasteiger partial charge in [-0.25, -0.2) is 14.4 Å². The SMILES string of the molecule is NC(CCC(=O)O)C(=O)O/C(=C\C(=O)O)C(=O)O. The maximum Gasteiger partial charge on any atom is 0.372 e. The lowest BCUT2D eigenvalue weighted by Crippen LogP contribution is -2.33. The van der Waals surface area contributed by atoms with Gasteiger partial charge in [-0.05, 0) is 6.42 Å². The summed E-state index contributed by atoms with van der Waals surface area (Å²) in [7, 11) is 0. The Hall–Kier alpha value is -2.42. The zero-order chi connectivity index (χ0) is 14.3. The van der Waals surface area contributed by atoms with Crippen LogP contribution in [0.5, 0.6) is 0 Å². The van der Waals surface area contributed by atoms with E-state index in [1.807, 2.05) is 0 Å². The monoisotopic (exact) mass is 261 g/mol. The Balaban J connectivity index is 4.56. The highest BCUT2D eigenvalue weighted by molar-refractivity contribution is 5.95. The molecule has 0 amide bonds. The molecule has 0 rings (SSSR count). The van der Waals surface area contributed by atoms with E-state index < -0.39 is 42.1 Å². The van der Waals surface area contributed by atoms with Crippen molar-refractivity contribution in [1.29, 1.82) is 0 Å². The summed E-state index contributed by atoms with van der Waals surface area (Å²) in [5.41, 5.74) is 5.24. The van der Waals surface area contributed by atoms with Gasteiger partial charge in [0.25, 0.3) is 0 Å². The number of rotatable bonds is 7. The Morgan fingerprint density at radius 2 is 1.72 bits per heavy atom. The van der Waals surface area contributed by atoms with Crippen molar-refractivity contribution in [3.05, 3.63) is 11.8 Å². The van der Waals surface area contributed by atoms with E-state index in [1.165, 1.54) is 0 Å². The van der Waals surface area contributed by atoms with Crippen LogP contribution in [0.3, 0.4) is 0 Å². The molecule has 1 unspecified atom stereocenters. The molecule has 0 heterocycles. The van der Waals surface area contributed by atoms with Gasteiger partial charge in [0.1, 0.15) is 6.04 Å². The average molecular weight is 261 g/mol. The molecule has 100 valence electrons. The summed E-state index contributed by atoms with van der Waals surface area (Å²) in [6, 6.07) is -1.35. The van der Waals surface area contributed by atoms with Gasteiger partial charge in [-0.15, -0.1) is 0 Å². The van der Waals surface area contributed by atoms with Crippen LogP contribution in [0.25, 0.3) is 0 Å². The fraction of sp³-hybridized carbons (Fsp3) is 0.333. The number of carbonyl (C=O) groups is 4. The number of carbonyl (C=O) groups excluding carboxylic acids is 1. The highest BCUT2D eigenvalue weighted by Crippen LogP contribution is 2.04. The third kappa shape index (κ3) is 6.23. The van der Waals surface area contributed by atoms with Crippen molar-refractivity contribution in [1.82, 2.24) is 0 Å². The van der Waals surface area contributed by atoms with E-state index in [1.54, 1.807) is 0 Å². The molecule has 0 aromatic rings. The summed E-state index contributed by atoms with van der Waals surface area (Å²) >= 11 is 0. The van der Waals surface area contributed by atoms with Crippen LogP contribution in [-0.4, -0.2) is 45.2 Å². The van der Waals surface area contributed by atoms with Crippen molar-refractivity contribution in [2.24, 2.45) is 5.73 Å². The van der Waals surface area contributed by atoms with Gasteiger partial charge < -0.3 is 25.8 Å². The van der Waals surface area contributed by atoms with Crippen LogP contribution in [-0.2, 0) is 23.9 Å². The van der Waals surface area contributed by atoms with Gasteiger partial charge in [-0.2, -0.15) is 0 Å². The van der Waals surface area contributed by atoms with Crippen molar-refractivity contribution in [3.8, 4) is 0 Å². The molecule has 0 aromatic carbocycles. The molecule has 9 nitrogen and oxygen atoms in total. The van der Waals surface area contributed by atoms with E-state index in [2.05, 4.69) is 4.74 Å². The standard InChI is InChI=1S/C9H11NO8/c10-4(1-2-6(11)12)9(17)18-5(8(15)16)3-7(13)14/h3-4H,1-2,10H2,(H,11,12)(H,13,14)(H,15,16)/b5-3-. The van der Waals surface area contributed by atoms with Gasteiger partial charge >= 0.3 is 23.9 Å². The lowest BCUT2D eigenvalue weighted by Gasteiger charge is -2.09. The number of carboxylic acids is 3. The van der Waals surface area contributed by atoms with Crippen LogP contribution in [0.15, 0.2) is 11.8 Å². The van der Waals surface area contributed by atoms with Crippen LogP contribution in [0.1, 0.15) is 12.8 Å². The van der Waals surface area contributed by atoms with Crippen LogP contribution in [0, 0.1) is 0 Å². The maximum absolute atomic E-state index is 11.2. The van der Waals surface area contributed by atoms with Crippen molar-refractivity contribution in [2.75, 3.05) is 0 Å². The Labute approximate surface area is 100 Å². The fourth-order valence-electron chi connectivity index (χ4n) is 0.828. The minimum Gasteiger partial charge on any atom is -0.481 e. The number of aliphatic carboxylic acids is 3. The molecule has 0 bridgehead atoms. The van der Waals surface area contributed by atoms with Crippen LogP contribution >= 0.6 is 0 Å². The topological polar surface area (TPSA) is 164 Å². The minimum atomic E-state index is -1.75. The number of hydrogen-bond donors (Lipinski definition) is 4. The molecular weight excluding hydrogens is 250 g/mol. The minimum absolute atomic E-state index is 0.185.